The molecule has 0 aromatic carbocycles. The molecule has 0 bridgehead atoms. The lowest BCUT2D eigenvalue weighted by Gasteiger charge is -2.08. The Morgan fingerprint density at radius 1 is 1.47 bits per heavy atom. The number of carbonyl (C=O) groups excluding carboxylic acids is 1. The molecule has 0 saturated heterocycles. The van der Waals surface area contributed by atoms with Crippen LogP contribution in [-0.4, -0.2) is 5.78 Å². The Hall–Kier alpha value is -1.31. The molecule has 0 amide bonds. The van der Waals surface area contributed by atoms with E-state index in [0.717, 1.165) is 24.8 Å². The highest BCUT2D eigenvalue weighted by atomic mass is 16.3. The number of ketones is 1. The molecular weight excluding hydrogens is 212 g/mol. The summed E-state index contributed by atoms with van der Waals surface area (Å²) >= 11 is 0. The van der Waals surface area contributed by atoms with Gasteiger partial charge in [0.05, 0.1) is 11.8 Å². The average molecular weight is 232 g/mol. The van der Waals surface area contributed by atoms with Crippen molar-refractivity contribution in [3.63, 3.8) is 0 Å². The molecule has 1 aromatic rings. The molecule has 0 radical (unpaired) electrons. The fourth-order valence-corrected chi connectivity index (χ4v) is 2.63. The van der Waals surface area contributed by atoms with Crippen LogP contribution in [0.3, 0.4) is 0 Å². The Morgan fingerprint density at radius 3 is 2.82 bits per heavy atom. The van der Waals surface area contributed by atoms with E-state index in [1.54, 1.807) is 18.6 Å². The monoisotopic (exact) mass is 232 g/mol. The van der Waals surface area contributed by atoms with E-state index in [1.165, 1.54) is 5.57 Å². The molecule has 0 N–H and O–H groups in total. The van der Waals surface area contributed by atoms with Crippen molar-refractivity contribution < 1.29 is 9.21 Å². The lowest BCUT2D eigenvalue weighted by atomic mass is 9.96. The van der Waals surface area contributed by atoms with Crippen LogP contribution in [0.5, 0.6) is 0 Å². The molecule has 17 heavy (non-hydrogen) atoms. The molecule has 1 atom stereocenters. The first-order chi connectivity index (χ1) is 8.08. The van der Waals surface area contributed by atoms with Gasteiger partial charge in [0, 0.05) is 0 Å². The predicted molar refractivity (Wildman–Crippen MR) is 67.9 cm³/mol. The Morgan fingerprint density at radius 2 is 2.24 bits per heavy atom. The van der Waals surface area contributed by atoms with Gasteiger partial charge in [-0.25, -0.2) is 0 Å². The van der Waals surface area contributed by atoms with Crippen molar-refractivity contribution in [1.82, 2.24) is 0 Å². The van der Waals surface area contributed by atoms with Crippen molar-refractivity contribution in [3.05, 3.63) is 35.3 Å². The second-order valence-electron chi connectivity index (χ2n) is 5.53. The Balaban J connectivity index is 2.24. The summed E-state index contributed by atoms with van der Waals surface area (Å²) in [5.74, 6) is 1.39. The maximum atomic E-state index is 12.3. The number of hydrogen-bond acceptors (Lipinski definition) is 2. The van der Waals surface area contributed by atoms with Crippen LogP contribution in [0.1, 0.15) is 50.4 Å². The van der Waals surface area contributed by atoms with E-state index >= 15 is 0 Å². The summed E-state index contributed by atoms with van der Waals surface area (Å²) in [6, 6.07) is 1.76. The Kier molecular flexibility index (Phi) is 3.51. The molecule has 1 aliphatic rings. The van der Waals surface area contributed by atoms with Crippen molar-refractivity contribution >= 4 is 5.78 Å². The number of rotatable bonds is 4. The molecule has 2 nitrogen and oxygen atoms in total. The van der Waals surface area contributed by atoms with Crippen molar-refractivity contribution in [2.75, 3.05) is 0 Å². The van der Waals surface area contributed by atoms with E-state index < -0.39 is 0 Å². The van der Waals surface area contributed by atoms with Crippen LogP contribution in [0.25, 0.3) is 0 Å². The van der Waals surface area contributed by atoms with Gasteiger partial charge in [0.1, 0.15) is 6.26 Å². The van der Waals surface area contributed by atoms with Gasteiger partial charge in [0.25, 0.3) is 0 Å². The summed E-state index contributed by atoms with van der Waals surface area (Å²) in [5, 5.41) is 0. The highest BCUT2D eigenvalue weighted by Crippen LogP contribution is 2.36. The van der Waals surface area contributed by atoms with Gasteiger partial charge in [-0.2, -0.15) is 0 Å². The zero-order valence-electron chi connectivity index (χ0n) is 10.8. The molecule has 2 rings (SSSR count). The Bertz CT molecular complexity index is 424. The number of allylic oxidation sites excluding steroid dienone is 2. The maximum Gasteiger partial charge on any atom is 0.192 e. The van der Waals surface area contributed by atoms with Gasteiger partial charge in [-0.05, 0) is 42.7 Å². The van der Waals surface area contributed by atoms with Gasteiger partial charge in [0.2, 0.25) is 0 Å². The fraction of sp³-hybridized carbons (Fsp3) is 0.533. The third-order valence-corrected chi connectivity index (χ3v) is 3.29. The van der Waals surface area contributed by atoms with Crippen LogP contribution >= 0.6 is 0 Å². The number of carbonyl (C=O) groups is 1. The summed E-state index contributed by atoms with van der Waals surface area (Å²) in [6.45, 7) is 6.63. The van der Waals surface area contributed by atoms with Crippen LogP contribution < -0.4 is 0 Å². The average Bonchev–Trinajstić information content (AvgIpc) is 2.85. The van der Waals surface area contributed by atoms with Gasteiger partial charge in [0.15, 0.2) is 5.78 Å². The summed E-state index contributed by atoms with van der Waals surface area (Å²) in [6.07, 6.45) is 6.16. The molecule has 2 heteroatoms. The molecule has 1 aromatic heterocycles. The van der Waals surface area contributed by atoms with Crippen molar-refractivity contribution in [1.29, 1.82) is 0 Å². The third-order valence-electron chi connectivity index (χ3n) is 3.29. The van der Waals surface area contributed by atoms with Gasteiger partial charge >= 0.3 is 0 Å². The summed E-state index contributed by atoms with van der Waals surface area (Å²) in [4.78, 5) is 12.3. The fourth-order valence-electron chi connectivity index (χ4n) is 2.63. The van der Waals surface area contributed by atoms with Crippen LogP contribution in [0, 0.1) is 11.8 Å². The summed E-state index contributed by atoms with van der Waals surface area (Å²) in [7, 11) is 0. The minimum absolute atomic E-state index is 0.166. The molecule has 0 spiro atoms. The second-order valence-corrected chi connectivity index (χ2v) is 5.53. The van der Waals surface area contributed by atoms with Crippen LogP contribution in [-0.2, 0) is 0 Å². The van der Waals surface area contributed by atoms with E-state index in [9.17, 15) is 4.79 Å². The third kappa shape index (κ3) is 2.68. The standard InChI is InChI=1S/C15H20O2/c1-10(2)6-13-7-11(3)8-14(13)15(16)12-4-5-17-9-12/h4-5,9-11H,6-8H2,1-3H3/t11-/m0/s1. The first kappa shape index (κ1) is 12.2. The minimum Gasteiger partial charge on any atom is -0.472 e. The van der Waals surface area contributed by atoms with Crippen LogP contribution in [0.4, 0.5) is 0 Å². The quantitative estimate of drug-likeness (QED) is 0.727. The lowest BCUT2D eigenvalue weighted by Crippen LogP contribution is -2.03. The summed E-state index contributed by atoms with van der Waals surface area (Å²) < 4.78 is 4.99. The molecule has 1 heterocycles. The molecule has 0 saturated carbocycles. The van der Waals surface area contributed by atoms with E-state index in [0.29, 0.717) is 17.4 Å². The van der Waals surface area contributed by atoms with E-state index in [1.807, 2.05) is 0 Å². The molecular formula is C15H20O2. The van der Waals surface area contributed by atoms with Gasteiger partial charge < -0.3 is 4.42 Å². The van der Waals surface area contributed by atoms with Gasteiger partial charge in [-0.3, -0.25) is 4.79 Å². The predicted octanol–water partition coefficient (Wildman–Crippen LogP) is 4.23. The van der Waals surface area contributed by atoms with E-state index in [-0.39, 0.29) is 5.78 Å². The van der Waals surface area contributed by atoms with Crippen LogP contribution in [0.2, 0.25) is 0 Å². The molecule has 0 fully saturated rings. The maximum absolute atomic E-state index is 12.3. The summed E-state index contributed by atoms with van der Waals surface area (Å²) in [5.41, 5.74) is 3.08. The zero-order valence-corrected chi connectivity index (χ0v) is 10.8. The minimum atomic E-state index is 0.166. The van der Waals surface area contributed by atoms with Crippen molar-refractivity contribution in [3.8, 4) is 0 Å². The van der Waals surface area contributed by atoms with Gasteiger partial charge in [-0.15, -0.1) is 0 Å². The molecule has 0 aliphatic heterocycles. The van der Waals surface area contributed by atoms with E-state index in [2.05, 4.69) is 20.8 Å². The highest BCUT2D eigenvalue weighted by Gasteiger charge is 2.26. The molecule has 1 aliphatic carbocycles. The zero-order chi connectivity index (χ0) is 12.4. The van der Waals surface area contributed by atoms with E-state index in [4.69, 9.17) is 4.42 Å². The lowest BCUT2D eigenvalue weighted by molar-refractivity contribution is 0.102. The first-order valence-electron chi connectivity index (χ1n) is 6.35. The molecule has 92 valence electrons. The smallest absolute Gasteiger partial charge is 0.192 e. The Labute approximate surface area is 103 Å². The van der Waals surface area contributed by atoms with Gasteiger partial charge in [-0.1, -0.05) is 26.3 Å². The largest absolute Gasteiger partial charge is 0.472 e. The first-order valence-corrected chi connectivity index (χ1v) is 6.35. The SMILES string of the molecule is CC(C)CC1=C(C(=O)c2ccoc2)C[C@@H](C)C1. The number of furan rings is 1. The normalized spacial score (nSPS) is 20.4. The second kappa shape index (κ2) is 4.91. The highest BCUT2D eigenvalue weighted by molar-refractivity contribution is 6.09. The van der Waals surface area contributed by atoms with Crippen molar-refractivity contribution in [2.45, 2.75) is 40.0 Å². The molecule has 0 unspecified atom stereocenters. The topological polar surface area (TPSA) is 30.2 Å². The van der Waals surface area contributed by atoms with Crippen molar-refractivity contribution in [2.24, 2.45) is 11.8 Å². The van der Waals surface area contributed by atoms with Crippen LogP contribution in [0.15, 0.2) is 34.2 Å². The number of Topliss-reactive ketones (excluding diaryl/α,β-unsaturated/α-hetero) is 1. The number of hydrogen-bond donors (Lipinski definition) is 0.